The molecule has 0 aromatic rings. The summed E-state index contributed by atoms with van der Waals surface area (Å²) in [5.74, 6) is 0. The van der Waals surface area contributed by atoms with Gasteiger partial charge in [-0.25, -0.2) is 0 Å². The van der Waals surface area contributed by atoms with Crippen LogP contribution in [0, 0.1) is 0 Å². The number of halogens is 1. The van der Waals surface area contributed by atoms with Crippen molar-refractivity contribution in [2.75, 3.05) is 165 Å². The Morgan fingerprint density at radius 1 is 0.216 bits per heavy atom. The summed E-state index contributed by atoms with van der Waals surface area (Å²) in [7, 11) is 0.500. The van der Waals surface area contributed by atoms with E-state index < -0.39 is 0 Å². The third kappa shape index (κ3) is 50.9. The highest BCUT2D eigenvalue weighted by atomic mass is 19.1. The lowest BCUT2D eigenvalue weighted by Gasteiger charge is -2.26. The first-order valence-electron chi connectivity index (χ1n) is 31.1. The molecule has 6 saturated heterocycles. The quantitative estimate of drug-likeness (QED) is 0.0924. The van der Waals surface area contributed by atoms with E-state index >= 15 is 0 Å². The summed E-state index contributed by atoms with van der Waals surface area (Å²) in [6.45, 7) is 52.6. The van der Waals surface area contributed by atoms with Gasteiger partial charge in [0.2, 0.25) is 0 Å². The molecule has 0 N–H and O–H groups in total. The van der Waals surface area contributed by atoms with Crippen LogP contribution in [0.25, 0.3) is 0 Å². The SMILES string of the molecule is CC(C)OCCN1CCCCC1.CC(C)OCCN1CCCCC1.CC(C)OCCN1CCCCC1.CC(C)OCCN1CCCCC1.CC(C)OCCN1CCCCC1.CC(C)OCCN1CCCCC1.CF. The third-order valence-electron chi connectivity index (χ3n) is 13.8. The van der Waals surface area contributed by atoms with Crippen LogP contribution in [-0.4, -0.2) is 231 Å². The fourth-order valence-corrected chi connectivity index (χ4v) is 9.60. The lowest BCUT2D eigenvalue weighted by atomic mass is 10.1. The summed E-state index contributed by atoms with van der Waals surface area (Å²) < 4.78 is 42.5. The van der Waals surface area contributed by atoms with Gasteiger partial charge in [-0.1, -0.05) is 38.5 Å². The predicted molar refractivity (Wildman–Crippen MR) is 315 cm³/mol. The van der Waals surface area contributed by atoms with Gasteiger partial charge < -0.3 is 57.8 Å². The number of hydrogen-bond acceptors (Lipinski definition) is 12. The van der Waals surface area contributed by atoms with E-state index in [0.717, 1.165) is 78.9 Å². The average Bonchev–Trinajstić information content (AvgIpc) is 3.39. The first kappa shape index (κ1) is 73.5. The third-order valence-corrected chi connectivity index (χ3v) is 13.8. The highest BCUT2D eigenvalue weighted by Gasteiger charge is 2.14. The molecule has 446 valence electrons. The van der Waals surface area contributed by atoms with Crippen LogP contribution >= 0.6 is 0 Å². The molecular formula is C61H129FN6O6. The van der Waals surface area contributed by atoms with E-state index in [4.69, 9.17) is 28.4 Å². The maximum absolute atomic E-state index is 9.50. The molecule has 0 unspecified atom stereocenters. The molecule has 0 aromatic carbocycles. The minimum Gasteiger partial charge on any atom is -0.377 e. The Morgan fingerprint density at radius 2 is 0.324 bits per heavy atom. The highest BCUT2D eigenvalue weighted by Crippen LogP contribution is 2.12. The van der Waals surface area contributed by atoms with E-state index in [9.17, 15) is 4.39 Å². The van der Waals surface area contributed by atoms with Gasteiger partial charge in [0.1, 0.15) is 0 Å². The molecule has 0 aliphatic carbocycles. The summed E-state index contributed by atoms with van der Waals surface area (Å²) in [5.41, 5.74) is 0. The Balaban J connectivity index is 0.000000858. The molecule has 6 aliphatic rings. The molecule has 6 rings (SSSR count). The molecule has 6 aliphatic heterocycles. The molecule has 0 radical (unpaired) electrons. The van der Waals surface area contributed by atoms with Crippen molar-refractivity contribution in [3.05, 3.63) is 0 Å². The van der Waals surface area contributed by atoms with Crippen LogP contribution in [0.1, 0.15) is 199 Å². The van der Waals surface area contributed by atoms with Crippen LogP contribution in [0.5, 0.6) is 0 Å². The second-order valence-corrected chi connectivity index (χ2v) is 22.9. The Hall–Kier alpha value is -0.550. The Morgan fingerprint density at radius 3 is 0.419 bits per heavy atom. The van der Waals surface area contributed by atoms with Crippen LogP contribution in [0.15, 0.2) is 0 Å². The van der Waals surface area contributed by atoms with Crippen LogP contribution in [0.4, 0.5) is 4.39 Å². The fraction of sp³-hybridized carbons (Fsp3) is 1.00. The second kappa shape index (κ2) is 53.1. The van der Waals surface area contributed by atoms with Gasteiger partial charge in [-0.15, -0.1) is 0 Å². The largest absolute Gasteiger partial charge is 0.377 e. The van der Waals surface area contributed by atoms with Crippen molar-refractivity contribution in [3.63, 3.8) is 0 Å². The van der Waals surface area contributed by atoms with Gasteiger partial charge in [0.05, 0.1) is 83.4 Å². The molecule has 13 heteroatoms. The molecule has 6 fully saturated rings. The lowest BCUT2D eigenvalue weighted by Crippen LogP contribution is -2.33. The zero-order valence-electron chi connectivity index (χ0n) is 51.7. The number of hydrogen-bond donors (Lipinski definition) is 0. The number of ether oxygens (including phenoxy) is 6. The number of alkyl halides is 1. The molecule has 12 nitrogen and oxygen atoms in total. The Kier molecular flexibility index (Phi) is 52.7. The van der Waals surface area contributed by atoms with Crippen molar-refractivity contribution >= 4 is 0 Å². The van der Waals surface area contributed by atoms with Crippen molar-refractivity contribution in [3.8, 4) is 0 Å². The fourth-order valence-electron chi connectivity index (χ4n) is 9.60. The predicted octanol–water partition coefficient (Wildman–Crippen LogP) is 12.0. The summed E-state index contributed by atoms with van der Waals surface area (Å²) in [6.07, 6.45) is 27.3. The Bertz CT molecular complexity index is 875. The average molecular weight is 1060 g/mol. The zero-order valence-corrected chi connectivity index (χ0v) is 51.7. The summed E-state index contributed by atoms with van der Waals surface area (Å²) >= 11 is 0. The van der Waals surface area contributed by atoms with Crippen molar-refractivity contribution in [2.24, 2.45) is 0 Å². The van der Waals surface area contributed by atoms with E-state index in [0.29, 0.717) is 43.8 Å². The van der Waals surface area contributed by atoms with Gasteiger partial charge in [0.15, 0.2) is 0 Å². The second-order valence-electron chi connectivity index (χ2n) is 22.9. The van der Waals surface area contributed by atoms with E-state index in [1.54, 1.807) is 0 Å². The van der Waals surface area contributed by atoms with Gasteiger partial charge in [-0.05, 0) is 239 Å². The summed E-state index contributed by atoms with van der Waals surface area (Å²) in [6, 6.07) is 0. The maximum atomic E-state index is 9.50. The van der Waals surface area contributed by atoms with E-state index in [1.807, 2.05) is 0 Å². The van der Waals surface area contributed by atoms with Gasteiger partial charge in [0, 0.05) is 39.3 Å². The molecule has 0 amide bonds. The zero-order chi connectivity index (χ0) is 54.9. The van der Waals surface area contributed by atoms with Gasteiger partial charge in [-0.2, -0.15) is 0 Å². The first-order chi connectivity index (χ1) is 35.7. The van der Waals surface area contributed by atoms with E-state index in [1.165, 1.54) is 194 Å². The van der Waals surface area contributed by atoms with Crippen LogP contribution < -0.4 is 0 Å². The standard InChI is InChI=1S/6C10H21NO.CH3F/c6*1-10(2)12-9-8-11-6-4-3-5-7-11;1-2/h6*10H,3-9H2,1-2H3;1H3. The van der Waals surface area contributed by atoms with Gasteiger partial charge in [0.25, 0.3) is 0 Å². The van der Waals surface area contributed by atoms with Crippen LogP contribution in [0.2, 0.25) is 0 Å². The number of nitrogens with zero attached hydrogens (tertiary/aromatic N) is 6. The summed E-state index contributed by atoms with van der Waals surface area (Å²) in [5, 5.41) is 0. The smallest absolute Gasteiger partial charge is 0.0785 e. The minimum absolute atomic E-state index is 0.384. The molecule has 0 atom stereocenters. The first-order valence-corrected chi connectivity index (χ1v) is 31.1. The highest BCUT2D eigenvalue weighted by molar-refractivity contribution is 4.68. The Labute approximate surface area is 460 Å². The van der Waals surface area contributed by atoms with Crippen LogP contribution in [-0.2, 0) is 28.4 Å². The van der Waals surface area contributed by atoms with Gasteiger partial charge >= 0.3 is 0 Å². The topological polar surface area (TPSA) is 74.8 Å². The molecular weight excluding hydrogens is 932 g/mol. The molecule has 0 aromatic heterocycles. The minimum atomic E-state index is 0.384. The van der Waals surface area contributed by atoms with Crippen molar-refractivity contribution in [2.45, 2.75) is 235 Å². The molecule has 74 heavy (non-hydrogen) atoms. The number of piperidine rings is 6. The molecule has 0 spiro atoms. The number of rotatable bonds is 24. The van der Waals surface area contributed by atoms with Gasteiger partial charge in [-0.3, -0.25) is 4.39 Å². The molecule has 0 saturated carbocycles. The monoisotopic (exact) mass is 1060 g/mol. The van der Waals surface area contributed by atoms with Crippen molar-refractivity contribution in [1.82, 2.24) is 29.4 Å². The lowest BCUT2D eigenvalue weighted by molar-refractivity contribution is 0.0549. The normalized spacial score (nSPS) is 19.8. The van der Waals surface area contributed by atoms with E-state index in [-0.39, 0.29) is 0 Å². The van der Waals surface area contributed by atoms with Crippen LogP contribution in [0.3, 0.4) is 0 Å². The molecule has 6 heterocycles. The molecule has 0 bridgehead atoms. The van der Waals surface area contributed by atoms with Crippen molar-refractivity contribution in [1.29, 1.82) is 0 Å². The maximum Gasteiger partial charge on any atom is 0.0785 e. The van der Waals surface area contributed by atoms with Crippen molar-refractivity contribution < 1.29 is 32.8 Å². The van der Waals surface area contributed by atoms with E-state index in [2.05, 4.69) is 112 Å². The summed E-state index contributed by atoms with van der Waals surface area (Å²) in [4.78, 5) is 15.0. The number of likely N-dealkylation sites (tertiary alicyclic amines) is 6.